The summed E-state index contributed by atoms with van der Waals surface area (Å²) in [5.41, 5.74) is 0. The molecule has 1 aliphatic heterocycles. The van der Waals surface area contributed by atoms with Gasteiger partial charge in [0.1, 0.15) is 0 Å². The largest absolute Gasteiger partial charge is 0.320 e. The second-order valence-electron chi connectivity index (χ2n) is 4.94. The van der Waals surface area contributed by atoms with Crippen molar-refractivity contribution in [3.05, 3.63) is 0 Å². The molecule has 0 radical (unpaired) electrons. The molecular formula is C12H26N2O2S. The number of sulfonamides is 1. The summed E-state index contributed by atoms with van der Waals surface area (Å²) in [5.74, 6) is 0.305. The zero-order valence-electron chi connectivity index (χ0n) is 11.1. The Labute approximate surface area is 106 Å². The minimum absolute atomic E-state index is 0.187. The summed E-state index contributed by atoms with van der Waals surface area (Å²) in [7, 11) is -1.14. The Morgan fingerprint density at radius 3 is 2.71 bits per heavy atom. The van der Waals surface area contributed by atoms with Crippen LogP contribution in [-0.2, 0) is 10.0 Å². The highest BCUT2D eigenvalue weighted by atomic mass is 32.2. The lowest BCUT2D eigenvalue weighted by atomic mass is 10.1. The molecule has 1 fully saturated rings. The highest BCUT2D eigenvalue weighted by molar-refractivity contribution is 7.89. The van der Waals surface area contributed by atoms with Crippen LogP contribution >= 0.6 is 0 Å². The average Bonchev–Trinajstić information content (AvgIpc) is 2.50. The van der Waals surface area contributed by atoms with E-state index in [1.54, 1.807) is 4.31 Å². The molecule has 0 aromatic carbocycles. The van der Waals surface area contributed by atoms with E-state index in [1.807, 2.05) is 14.0 Å². The summed E-state index contributed by atoms with van der Waals surface area (Å²) in [5, 5.41) is 3.04. The summed E-state index contributed by atoms with van der Waals surface area (Å²) in [6.07, 6.45) is 6.03. The predicted octanol–water partition coefficient (Wildman–Crippen LogP) is 1.58. The molecule has 1 unspecified atom stereocenters. The van der Waals surface area contributed by atoms with E-state index in [-0.39, 0.29) is 6.04 Å². The molecule has 1 saturated heterocycles. The number of hydrogen-bond donors (Lipinski definition) is 1. The molecule has 0 bridgehead atoms. The Kier molecular flexibility index (Phi) is 6.44. The van der Waals surface area contributed by atoms with E-state index < -0.39 is 10.0 Å². The Morgan fingerprint density at radius 2 is 2.00 bits per heavy atom. The van der Waals surface area contributed by atoms with Crippen LogP contribution in [0.4, 0.5) is 0 Å². The van der Waals surface area contributed by atoms with E-state index in [4.69, 9.17) is 0 Å². The minimum atomic E-state index is -3.03. The van der Waals surface area contributed by atoms with Gasteiger partial charge in [0, 0.05) is 12.6 Å². The van der Waals surface area contributed by atoms with Crippen molar-refractivity contribution in [1.82, 2.24) is 9.62 Å². The Bertz CT molecular complexity index is 304. The zero-order chi connectivity index (χ0) is 12.7. The van der Waals surface area contributed by atoms with Gasteiger partial charge in [-0.1, -0.05) is 12.8 Å². The van der Waals surface area contributed by atoms with Crippen molar-refractivity contribution in [2.75, 3.05) is 25.9 Å². The number of unbranched alkanes of at least 4 members (excludes halogenated alkanes) is 1. The number of rotatable bonds is 6. The Morgan fingerprint density at radius 1 is 1.24 bits per heavy atom. The molecule has 4 nitrogen and oxygen atoms in total. The predicted molar refractivity (Wildman–Crippen MR) is 71.6 cm³/mol. The van der Waals surface area contributed by atoms with Crippen LogP contribution in [0, 0.1) is 0 Å². The van der Waals surface area contributed by atoms with Crippen LogP contribution in [0.1, 0.15) is 45.4 Å². The molecule has 1 atom stereocenters. The van der Waals surface area contributed by atoms with Crippen LogP contribution in [0.3, 0.4) is 0 Å². The fourth-order valence-corrected chi connectivity index (χ4v) is 4.23. The third kappa shape index (κ3) is 4.94. The molecule has 5 heteroatoms. The van der Waals surface area contributed by atoms with Gasteiger partial charge in [-0.05, 0) is 46.2 Å². The molecule has 17 heavy (non-hydrogen) atoms. The third-order valence-electron chi connectivity index (χ3n) is 3.43. The van der Waals surface area contributed by atoms with Crippen molar-refractivity contribution in [3.8, 4) is 0 Å². The Hall–Kier alpha value is -0.130. The van der Waals surface area contributed by atoms with Gasteiger partial charge in [-0.2, -0.15) is 4.31 Å². The van der Waals surface area contributed by atoms with Gasteiger partial charge in [0.05, 0.1) is 5.75 Å². The first-order valence-corrected chi connectivity index (χ1v) is 8.33. The number of hydrogen-bond acceptors (Lipinski definition) is 3. The molecule has 1 rings (SSSR count). The van der Waals surface area contributed by atoms with Crippen molar-refractivity contribution in [1.29, 1.82) is 0 Å². The first kappa shape index (κ1) is 14.9. The highest BCUT2D eigenvalue weighted by Crippen LogP contribution is 2.20. The van der Waals surface area contributed by atoms with Gasteiger partial charge in [0.15, 0.2) is 0 Å². The molecule has 0 aliphatic carbocycles. The molecule has 102 valence electrons. The van der Waals surface area contributed by atoms with E-state index in [1.165, 1.54) is 0 Å². The summed E-state index contributed by atoms with van der Waals surface area (Å²) in [6, 6.07) is 0.187. The maximum absolute atomic E-state index is 12.2. The number of nitrogens with one attached hydrogen (secondary N) is 1. The van der Waals surface area contributed by atoms with Crippen LogP contribution in [0.25, 0.3) is 0 Å². The van der Waals surface area contributed by atoms with Gasteiger partial charge >= 0.3 is 0 Å². The molecule has 1 aliphatic rings. The molecule has 0 aromatic heterocycles. The normalized spacial score (nSPS) is 23.5. The fourth-order valence-electron chi connectivity index (χ4n) is 2.37. The van der Waals surface area contributed by atoms with E-state index >= 15 is 0 Å². The van der Waals surface area contributed by atoms with Gasteiger partial charge in [0.2, 0.25) is 10.0 Å². The maximum atomic E-state index is 12.2. The molecule has 0 saturated carbocycles. The number of nitrogens with zero attached hydrogens (tertiary/aromatic N) is 1. The monoisotopic (exact) mass is 262 g/mol. The van der Waals surface area contributed by atoms with E-state index in [0.717, 1.165) is 51.6 Å². The minimum Gasteiger partial charge on any atom is -0.320 e. The van der Waals surface area contributed by atoms with Crippen LogP contribution in [0.5, 0.6) is 0 Å². The smallest absolute Gasteiger partial charge is 0.214 e. The fraction of sp³-hybridized carbons (Fsp3) is 1.00. The van der Waals surface area contributed by atoms with Crippen LogP contribution in [0.2, 0.25) is 0 Å². The lowest BCUT2D eigenvalue weighted by Crippen LogP contribution is -2.39. The maximum Gasteiger partial charge on any atom is 0.214 e. The zero-order valence-corrected chi connectivity index (χ0v) is 11.9. The van der Waals surface area contributed by atoms with E-state index in [2.05, 4.69) is 5.32 Å². The first-order chi connectivity index (χ1) is 8.08. The van der Waals surface area contributed by atoms with E-state index in [9.17, 15) is 8.42 Å². The third-order valence-corrected chi connectivity index (χ3v) is 5.49. The van der Waals surface area contributed by atoms with Gasteiger partial charge in [-0.15, -0.1) is 0 Å². The van der Waals surface area contributed by atoms with Gasteiger partial charge in [0.25, 0.3) is 0 Å². The van der Waals surface area contributed by atoms with Crippen molar-refractivity contribution in [3.63, 3.8) is 0 Å². The molecule has 1 N–H and O–H groups in total. The van der Waals surface area contributed by atoms with Crippen molar-refractivity contribution in [2.24, 2.45) is 0 Å². The van der Waals surface area contributed by atoms with Crippen molar-refractivity contribution >= 4 is 10.0 Å². The van der Waals surface area contributed by atoms with Gasteiger partial charge in [-0.3, -0.25) is 0 Å². The Balaban J connectivity index is 2.49. The van der Waals surface area contributed by atoms with E-state index in [0.29, 0.717) is 5.75 Å². The van der Waals surface area contributed by atoms with Gasteiger partial charge in [-0.25, -0.2) is 8.42 Å². The summed E-state index contributed by atoms with van der Waals surface area (Å²) >= 11 is 0. The van der Waals surface area contributed by atoms with Crippen LogP contribution in [-0.4, -0.2) is 44.7 Å². The molecule has 0 amide bonds. The topological polar surface area (TPSA) is 49.4 Å². The average molecular weight is 262 g/mol. The van der Waals surface area contributed by atoms with Crippen LogP contribution < -0.4 is 5.32 Å². The second kappa shape index (κ2) is 7.34. The lowest BCUT2D eigenvalue weighted by Gasteiger charge is -2.26. The molecular weight excluding hydrogens is 236 g/mol. The van der Waals surface area contributed by atoms with Crippen molar-refractivity contribution < 1.29 is 8.42 Å². The highest BCUT2D eigenvalue weighted by Gasteiger charge is 2.27. The van der Waals surface area contributed by atoms with Crippen molar-refractivity contribution in [2.45, 2.75) is 51.5 Å². The lowest BCUT2D eigenvalue weighted by molar-refractivity contribution is 0.341. The SMILES string of the molecule is CNCCCCS(=O)(=O)N1CCCCCC1C. The molecule has 1 heterocycles. The first-order valence-electron chi connectivity index (χ1n) is 6.72. The molecule has 0 spiro atoms. The second-order valence-corrected chi connectivity index (χ2v) is 6.98. The summed E-state index contributed by atoms with van der Waals surface area (Å²) in [6.45, 7) is 3.65. The van der Waals surface area contributed by atoms with Gasteiger partial charge < -0.3 is 5.32 Å². The van der Waals surface area contributed by atoms with Crippen LogP contribution in [0.15, 0.2) is 0 Å². The molecule has 0 aromatic rings. The quantitative estimate of drug-likeness (QED) is 0.739. The summed E-state index contributed by atoms with van der Waals surface area (Å²) < 4.78 is 26.2. The summed E-state index contributed by atoms with van der Waals surface area (Å²) in [4.78, 5) is 0. The standard InChI is InChI=1S/C12H26N2O2S/c1-12-8-4-3-6-10-14(12)17(15,16)11-7-5-9-13-2/h12-13H,3-11H2,1-2H3.